The van der Waals surface area contributed by atoms with E-state index in [0.717, 1.165) is 0 Å². The van der Waals surface area contributed by atoms with E-state index in [1.807, 2.05) is 6.07 Å². The summed E-state index contributed by atoms with van der Waals surface area (Å²) in [5.74, 6) is 0. The van der Waals surface area contributed by atoms with Crippen molar-refractivity contribution in [3.63, 3.8) is 0 Å². The lowest BCUT2D eigenvalue weighted by atomic mass is 10.0. The molecule has 0 aromatic carbocycles. The third-order valence-corrected chi connectivity index (χ3v) is 0.966. The van der Waals surface area contributed by atoms with Crippen LogP contribution < -0.4 is 5.32 Å². The van der Waals surface area contributed by atoms with Crippen LogP contribution in [-0.2, 0) is 0 Å². The number of hydrogen-bond donors (Lipinski definition) is 2. The van der Waals surface area contributed by atoms with E-state index >= 15 is 0 Å². The number of carboxylic acid groups (broad SMARTS) is 1. The first kappa shape index (κ1) is 8.76. The highest BCUT2D eigenvalue weighted by molar-refractivity contribution is 5.65. The van der Waals surface area contributed by atoms with Gasteiger partial charge in [0.15, 0.2) is 0 Å². The van der Waals surface area contributed by atoms with Gasteiger partial charge in [0, 0.05) is 0 Å². The fourth-order valence-corrected chi connectivity index (χ4v) is 0.531. The molecule has 0 aliphatic carbocycles. The van der Waals surface area contributed by atoms with E-state index in [1.165, 1.54) is 0 Å². The number of hydrogen-bond acceptors (Lipinski definition) is 2. The predicted octanol–water partition coefficient (Wildman–Crippen LogP) is 0.946. The number of nitrogens with one attached hydrogen (secondary N) is 1. The van der Waals surface area contributed by atoms with E-state index < -0.39 is 11.6 Å². The summed E-state index contributed by atoms with van der Waals surface area (Å²) >= 11 is 0. The van der Waals surface area contributed by atoms with Crippen molar-refractivity contribution in [2.45, 2.75) is 25.8 Å². The van der Waals surface area contributed by atoms with Crippen LogP contribution >= 0.6 is 0 Å². The third-order valence-electron chi connectivity index (χ3n) is 0.966. The first-order valence-corrected chi connectivity index (χ1v) is 2.86. The molecule has 0 rings (SSSR count). The highest BCUT2D eigenvalue weighted by Crippen LogP contribution is 2.05. The van der Waals surface area contributed by atoms with E-state index in [-0.39, 0.29) is 6.42 Å². The van der Waals surface area contributed by atoms with Gasteiger partial charge in [0.05, 0.1) is 18.0 Å². The summed E-state index contributed by atoms with van der Waals surface area (Å²) in [5.41, 5.74) is -0.638. The molecule has 2 N–H and O–H groups in total. The minimum atomic E-state index is -1.10. The zero-order chi connectivity index (χ0) is 8.20. The van der Waals surface area contributed by atoms with E-state index in [4.69, 9.17) is 10.4 Å². The second-order valence-corrected chi connectivity index (χ2v) is 2.65. The lowest BCUT2D eigenvalue weighted by Crippen LogP contribution is -2.42. The van der Waals surface area contributed by atoms with Gasteiger partial charge in [-0.15, -0.1) is 0 Å². The van der Waals surface area contributed by atoms with E-state index in [9.17, 15) is 4.79 Å². The Labute approximate surface area is 59.5 Å². The van der Waals surface area contributed by atoms with Gasteiger partial charge in [0.2, 0.25) is 0 Å². The summed E-state index contributed by atoms with van der Waals surface area (Å²) in [4.78, 5) is 10.1. The van der Waals surface area contributed by atoms with Gasteiger partial charge < -0.3 is 10.4 Å². The zero-order valence-corrected chi connectivity index (χ0v) is 6.01. The Morgan fingerprint density at radius 1 is 1.80 bits per heavy atom. The summed E-state index contributed by atoms with van der Waals surface area (Å²) in [6.07, 6.45) is -0.917. The fourth-order valence-electron chi connectivity index (χ4n) is 0.531. The van der Waals surface area contributed by atoms with Crippen molar-refractivity contribution in [2.24, 2.45) is 0 Å². The Morgan fingerprint density at radius 2 is 2.30 bits per heavy atom. The molecule has 0 spiro atoms. The summed E-state index contributed by atoms with van der Waals surface area (Å²) in [6, 6.07) is 1.89. The van der Waals surface area contributed by atoms with E-state index in [1.54, 1.807) is 13.8 Å². The van der Waals surface area contributed by atoms with Crippen LogP contribution in [0.2, 0.25) is 0 Å². The summed E-state index contributed by atoms with van der Waals surface area (Å²) in [5, 5.41) is 18.7. The molecule has 0 aromatic heterocycles. The van der Waals surface area contributed by atoms with Crippen LogP contribution in [0.1, 0.15) is 20.3 Å². The van der Waals surface area contributed by atoms with Gasteiger partial charge >= 0.3 is 6.09 Å². The standard InChI is InChI=1S/C6H10N2O2/c1-6(2,3-4-7)8-5(9)10/h8H,3H2,1-2H3,(H,9,10). The fraction of sp³-hybridized carbons (Fsp3) is 0.667. The molecule has 0 unspecified atom stereocenters. The van der Waals surface area contributed by atoms with E-state index in [0.29, 0.717) is 0 Å². The van der Waals surface area contributed by atoms with Crippen molar-refractivity contribution >= 4 is 6.09 Å². The zero-order valence-electron chi connectivity index (χ0n) is 6.01. The Kier molecular flexibility index (Phi) is 2.68. The molecule has 0 bridgehead atoms. The van der Waals surface area contributed by atoms with Crippen LogP contribution in [0.5, 0.6) is 0 Å². The normalized spacial score (nSPS) is 10.1. The molecule has 4 heteroatoms. The van der Waals surface area contributed by atoms with Crippen LogP contribution in [0, 0.1) is 11.3 Å². The maximum Gasteiger partial charge on any atom is 0.405 e. The van der Waals surface area contributed by atoms with Gasteiger partial charge in [0.1, 0.15) is 0 Å². The number of amides is 1. The molecule has 0 radical (unpaired) electrons. The lowest BCUT2D eigenvalue weighted by molar-refractivity contribution is 0.182. The van der Waals surface area contributed by atoms with Crippen molar-refractivity contribution in [1.82, 2.24) is 5.32 Å². The highest BCUT2D eigenvalue weighted by atomic mass is 16.4. The largest absolute Gasteiger partial charge is 0.465 e. The smallest absolute Gasteiger partial charge is 0.405 e. The molecule has 0 aliphatic heterocycles. The van der Waals surface area contributed by atoms with Crippen molar-refractivity contribution < 1.29 is 9.90 Å². The number of nitriles is 1. The van der Waals surface area contributed by atoms with Crippen LogP contribution in [0.25, 0.3) is 0 Å². The van der Waals surface area contributed by atoms with Crippen LogP contribution in [0.3, 0.4) is 0 Å². The average molecular weight is 142 g/mol. The first-order chi connectivity index (χ1) is 4.48. The Morgan fingerprint density at radius 3 is 2.60 bits per heavy atom. The van der Waals surface area contributed by atoms with Gasteiger partial charge in [-0.2, -0.15) is 5.26 Å². The Hall–Kier alpha value is -1.24. The molecule has 10 heavy (non-hydrogen) atoms. The second-order valence-electron chi connectivity index (χ2n) is 2.65. The summed E-state index contributed by atoms with van der Waals surface area (Å²) in [7, 11) is 0. The molecular formula is C6H10N2O2. The summed E-state index contributed by atoms with van der Waals surface area (Å²) < 4.78 is 0. The van der Waals surface area contributed by atoms with Crippen molar-refractivity contribution in [2.75, 3.05) is 0 Å². The molecule has 4 nitrogen and oxygen atoms in total. The maximum atomic E-state index is 10.1. The molecule has 0 atom stereocenters. The molecule has 56 valence electrons. The minimum absolute atomic E-state index is 0.180. The first-order valence-electron chi connectivity index (χ1n) is 2.86. The van der Waals surface area contributed by atoms with Gasteiger partial charge in [-0.1, -0.05) is 0 Å². The van der Waals surface area contributed by atoms with Gasteiger partial charge in [-0.05, 0) is 13.8 Å². The number of nitrogens with zero attached hydrogens (tertiary/aromatic N) is 1. The predicted molar refractivity (Wildman–Crippen MR) is 35.5 cm³/mol. The topological polar surface area (TPSA) is 73.1 Å². The molecule has 0 saturated carbocycles. The SMILES string of the molecule is CC(C)(CC#N)NC(=O)O. The number of carbonyl (C=O) groups is 1. The van der Waals surface area contributed by atoms with Crippen LogP contribution in [0.4, 0.5) is 4.79 Å². The monoisotopic (exact) mass is 142 g/mol. The molecule has 0 saturated heterocycles. The molecule has 0 aliphatic rings. The molecule has 0 heterocycles. The number of rotatable bonds is 2. The Bertz CT molecular complexity index is 169. The van der Waals surface area contributed by atoms with Crippen molar-refractivity contribution in [3.05, 3.63) is 0 Å². The quantitative estimate of drug-likeness (QED) is 0.602. The van der Waals surface area contributed by atoms with Crippen LogP contribution in [0.15, 0.2) is 0 Å². The third kappa shape index (κ3) is 3.72. The van der Waals surface area contributed by atoms with Gasteiger partial charge in [0.25, 0.3) is 0 Å². The van der Waals surface area contributed by atoms with Crippen molar-refractivity contribution in [3.8, 4) is 6.07 Å². The van der Waals surface area contributed by atoms with Crippen molar-refractivity contribution in [1.29, 1.82) is 5.26 Å². The lowest BCUT2D eigenvalue weighted by Gasteiger charge is -2.20. The Balaban J connectivity index is 3.89. The van der Waals surface area contributed by atoms with E-state index in [2.05, 4.69) is 5.32 Å². The highest BCUT2D eigenvalue weighted by Gasteiger charge is 2.18. The summed E-state index contributed by atoms with van der Waals surface area (Å²) in [6.45, 7) is 3.31. The minimum Gasteiger partial charge on any atom is -0.465 e. The molecule has 0 fully saturated rings. The second kappa shape index (κ2) is 3.06. The maximum absolute atomic E-state index is 10.1. The van der Waals surface area contributed by atoms with Crippen LogP contribution in [-0.4, -0.2) is 16.7 Å². The average Bonchev–Trinajstić information content (AvgIpc) is 1.59. The van der Waals surface area contributed by atoms with Gasteiger partial charge in [-0.3, -0.25) is 0 Å². The molecular weight excluding hydrogens is 132 g/mol. The molecule has 0 aromatic rings. The molecule has 1 amide bonds. The van der Waals surface area contributed by atoms with Gasteiger partial charge in [-0.25, -0.2) is 4.79 Å².